The Morgan fingerprint density at radius 2 is 2.15 bits per heavy atom. The maximum absolute atomic E-state index is 12.4. The molecule has 5 nitrogen and oxygen atoms in total. The van der Waals surface area contributed by atoms with E-state index >= 15 is 0 Å². The fraction of sp³-hybridized carbons (Fsp3) is 0.643. The molecular weight excluding hydrogens is 276 g/mol. The van der Waals surface area contributed by atoms with E-state index in [1.807, 2.05) is 18.2 Å². The van der Waals surface area contributed by atoms with Crippen molar-refractivity contribution in [1.29, 1.82) is 0 Å². The highest BCUT2D eigenvalue weighted by molar-refractivity contribution is 7.89. The van der Waals surface area contributed by atoms with Crippen molar-refractivity contribution in [3.05, 3.63) is 30.1 Å². The van der Waals surface area contributed by atoms with Gasteiger partial charge in [-0.3, -0.25) is 4.98 Å². The van der Waals surface area contributed by atoms with Crippen molar-refractivity contribution >= 4 is 10.0 Å². The Kier molecular flexibility index (Phi) is 3.79. The quantitative estimate of drug-likeness (QED) is 0.886. The molecule has 0 aromatic carbocycles. The number of fused-ring (bicyclic) bond motifs is 1. The minimum atomic E-state index is -3.24. The molecule has 3 unspecified atom stereocenters. The zero-order valence-corrected chi connectivity index (χ0v) is 12.2. The molecule has 1 saturated heterocycles. The van der Waals surface area contributed by atoms with Gasteiger partial charge in [0.25, 0.3) is 0 Å². The summed E-state index contributed by atoms with van der Waals surface area (Å²) in [5, 5.41) is 9.86. The molecular formula is C14H20N2O3S. The van der Waals surface area contributed by atoms with Crippen LogP contribution in [-0.4, -0.2) is 47.8 Å². The summed E-state index contributed by atoms with van der Waals surface area (Å²) < 4.78 is 26.3. The maximum Gasteiger partial charge on any atom is 0.214 e. The molecule has 0 radical (unpaired) electrons. The standard InChI is InChI=1S/C14H20N2O3S/c17-14-5-4-11-9-16(10-13(11)14)20(18,19)8-6-12-3-1-2-7-15-12/h1-3,7,11,13-14,17H,4-6,8-10H2. The van der Waals surface area contributed by atoms with Crippen molar-refractivity contribution in [2.75, 3.05) is 18.8 Å². The molecule has 0 spiro atoms. The molecule has 6 heteroatoms. The number of rotatable bonds is 4. The maximum atomic E-state index is 12.4. The molecule has 1 aliphatic heterocycles. The van der Waals surface area contributed by atoms with Crippen LogP contribution < -0.4 is 0 Å². The van der Waals surface area contributed by atoms with Gasteiger partial charge in [0.1, 0.15) is 0 Å². The first-order chi connectivity index (χ1) is 9.56. The number of hydrogen-bond donors (Lipinski definition) is 1. The van der Waals surface area contributed by atoms with Gasteiger partial charge in [-0.1, -0.05) is 6.07 Å². The first-order valence-corrected chi connectivity index (χ1v) is 8.73. The average molecular weight is 296 g/mol. The smallest absolute Gasteiger partial charge is 0.214 e. The molecule has 0 amide bonds. The van der Waals surface area contributed by atoms with Crippen molar-refractivity contribution in [2.45, 2.75) is 25.4 Å². The van der Waals surface area contributed by atoms with Gasteiger partial charge in [-0.2, -0.15) is 0 Å². The summed E-state index contributed by atoms with van der Waals surface area (Å²) in [6.07, 6.45) is 3.56. The van der Waals surface area contributed by atoms with Crippen molar-refractivity contribution < 1.29 is 13.5 Å². The second-order valence-electron chi connectivity index (χ2n) is 5.77. The van der Waals surface area contributed by atoms with Gasteiger partial charge in [-0.05, 0) is 30.9 Å². The number of pyridine rings is 1. The monoisotopic (exact) mass is 296 g/mol. The molecule has 1 N–H and O–H groups in total. The number of nitrogens with zero attached hydrogens (tertiary/aromatic N) is 2. The first-order valence-electron chi connectivity index (χ1n) is 7.12. The lowest BCUT2D eigenvalue weighted by molar-refractivity contribution is 0.129. The van der Waals surface area contributed by atoms with Crippen LogP contribution in [0, 0.1) is 11.8 Å². The molecule has 3 atom stereocenters. The fourth-order valence-corrected chi connectivity index (χ4v) is 4.87. The molecule has 110 valence electrons. The molecule has 2 fully saturated rings. The van der Waals surface area contributed by atoms with Gasteiger partial charge >= 0.3 is 0 Å². The molecule has 1 aromatic heterocycles. The van der Waals surface area contributed by atoms with E-state index in [9.17, 15) is 13.5 Å². The molecule has 1 aliphatic carbocycles. The zero-order chi connectivity index (χ0) is 14.2. The topological polar surface area (TPSA) is 70.5 Å². The van der Waals surface area contributed by atoms with Gasteiger partial charge in [-0.25, -0.2) is 12.7 Å². The van der Waals surface area contributed by atoms with Gasteiger partial charge in [-0.15, -0.1) is 0 Å². The van der Waals surface area contributed by atoms with Crippen LogP contribution in [0.3, 0.4) is 0 Å². The Morgan fingerprint density at radius 1 is 1.30 bits per heavy atom. The predicted octanol–water partition coefficient (Wildman–Crippen LogP) is 0.657. The van der Waals surface area contributed by atoms with E-state index in [4.69, 9.17) is 0 Å². The summed E-state index contributed by atoms with van der Waals surface area (Å²) in [6, 6.07) is 5.53. The molecule has 3 rings (SSSR count). The van der Waals surface area contributed by atoms with Crippen molar-refractivity contribution in [1.82, 2.24) is 9.29 Å². The molecule has 20 heavy (non-hydrogen) atoms. The van der Waals surface area contributed by atoms with Crippen molar-refractivity contribution in [3.63, 3.8) is 0 Å². The highest BCUT2D eigenvalue weighted by Crippen LogP contribution is 2.39. The van der Waals surface area contributed by atoms with E-state index in [2.05, 4.69) is 4.98 Å². The van der Waals surface area contributed by atoms with Gasteiger partial charge in [0, 0.05) is 37.3 Å². The highest BCUT2D eigenvalue weighted by Gasteiger charge is 2.45. The third-order valence-electron chi connectivity index (χ3n) is 4.52. The summed E-state index contributed by atoms with van der Waals surface area (Å²) in [5.74, 6) is 0.578. The fourth-order valence-electron chi connectivity index (χ4n) is 3.33. The molecule has 2 heterocycles. The van der Waals surface area contributed by atoms with Crippen LogP contribution in [0.2, 0.25) is 0 Å². The van der Waals surface area contributed by atoms with Gasteiger partial charge in [0.15, 0.2) is 0 Å². The molecule has 0 bridgehead atoms. The second kappa shape index (κ2) is 5.42. The SMILES string of the molecule is O=S(=O)(CCc1ccccn1)N1CC2CCC(O)C2C1. The average Bonchev–Trinajstić information content (AvgIpc) is 3.01. The Morgan fingerprint density at radius 3 is 2.85 bits per heavy atom. The Balaban J connectivity index is 1.62. The van der Waals surface area contributed by atoms with Gasteiger partial charge in [0.05, 0.1) is 11.9 Å². The van der Waals surface area contributed by atoms with Crippen LogP contribution in [0.5, 0.6) is 0 Å². The lowest BCUT2D eigenvalue weighted by Crippen LogP contribution is -2.33. The highest BCUT2D eigenvalue weighted by atomic mass is 32.2. The number of aliphatic hydroxyl groups is 1. The number of hydrogen-bond acceptors (Lipinski definition) is 4. The summed E-state index contributed by atoms with van der Waals surface area (Å²) in [6.45, 7) is 1.06. The van der Waals surface area contributed by atoms with Gasteiger partial charge in [0.2, 0.25) is 10.0 Å². The Hall–Kier alpha value is -0.980. The minimum Gasteiger partial charge on any atom is -0.393 e. The lowest BCUT2D eigenvalue weighted by atomic mass is 10.00. The minimum absolute atomic E-state index is 0.0968. The predicted molar refractivity (Wildman–Crippen MR) is 75.5 cm³/mol. The zero-order valence-electron chi connectivity index (χ0n) is 11.4. The molecule has 1 aromatic rings. The number of aromatic nitrogens is 1. The van der Waals surface area contributed by atoms with Crippen LogP contribution in [0.15, 0.2) is 24.4 Å². The summed E-state index contributed by atoms with van der Waals surface area (Å²) in [5.41, 5.74) is 0.801. The largest absolute Gasteiger partial charge is 0.393 e. The lowest BCUT2D eigenvalue weighted by Gasteiger charge is -2.18. The van der Waals surface area contributed by atoms with Crippen LogP contribution in [-0.2, 0) is 16.4 Å². The summed E-state index contributed by atoms with van der Waals surface area (Å²) in [7, 11) is -3.24. The number of sulfonamides is 1. The third-order valence-corrected chi connectivity index (χ3v) is 6.33. The number of aryl methyl sites for hydroxylation is 1. The number of aliphatic hydroxyl groups excluding tert-OH is 1. The van der Waals surface area contributed by atoms with E-state index < -0.39 is 10.0 Å². The van der Waals surface area contributed by atoms with Crippen molar-refractivity contribution in [3.8, 4) is 0 Å². The Bertz CT molecular complexity index is 561. The molecule has 2 aliphatic rings. The van der Waals surface area contributed by atoms with E-state index in [-0.39, 0.29) is 17.8 Å². The molecule has 1 saturated carbocycles. The van der Waals surface area contributed by atoms with E-state index in [1.54, 1.807) is 10.5 Å². The van der Waals surface area contributed by atoms with Crippen LogP contribution in [0.4, 0.5) is 0 Å². The van der Waals surface area contributed by atoms with Crippen LogP contribution in [0.25, 0.3) is 0 Å². The third kappa shape index (κ3) is 2.73. The second-order valence-corrected chi connectivity index (χ2v) is 7.86. The van der Waals surface area contributed by atoms with Crippen LogP contribution >= 0.6 is 0 Å². The van der Waals surface area contributed by atoms with E-state index in [0.717, 1.165) is 18.5 Å². The first kappa shape index (κ1) is 14.0. The Labute approximate surface area is 119 Å². The normalized spacial score (nSPS) is 30.6. The summed E-state index contributed by atoms with van der Waals surface area (Å²) in [4.78, 5) is 4.15. The van der Waals surface area contributed by atoms with E-state index in [0.29, 0.717) is 25.4 Å². The van der Waals surface area contributed by atoms with Crippen molar-refractivity contribution in [2.24, 2.45) is 11.8 Å². The summed E-state index contributed by atoms with van der Waals surface area (Å²) >= 11 is 0. The van der Waals surface area contributed by atoms with Gasteiger partial charge < -0.3 is 5.11 Å². The van der Waals surface area contributed by atoms with E-state index in [1.165, 1.54) is 0 Å². The van der Waals surface area contributed by atoms with Crippen LogP contribution in [0.1, 0.15) is 18.5 Å².